The molecule has 0 fully saturated rings. The fourth-order valence-electron chi connectivity index (χ4n) is 3.36. The molecular weight excluding hydrogens is 354 g/mol. The predicted octanol–water partition coefficient (Wildman–Crippen LogP) is 8.20. The quantitative estimate of drug-likeness (QED) is 0.186. The van der Waals surface area contributed by atoms with Crippen LogP contribution < -0.4 is 5.32 Å². The van der Waals surface area contributed by atoms with Gasteiger partial charge in [0.2, 0.25) is 0 Å². The van der Waals surface area contributed by atoms with Gasteiger partial charge in [-0.1, -0.05) is 109 Å². The van der Waals surface area contributed by atoms with Crippen molar-refractivity contribution in [2.45, 2.75) is 110 Å². The molecule has 1 heterocycles. The molecule has 0 radical (unpaired) electrons. The molecule has 0 saturated carbocycles. The summed E-state index contributed by atoms with van der Waals surface area (Å²) in [6.45, 7) is 3.13. The number of hydrogen-bond acceptors (Lipinski definition) is 2. The highest BCUT2D eigenvalue weighted by Crippen LogP contribution is 2.13. The number of allylic oxidation sites excluding steroid dienone is 3. The molecule has 0 bridgehead atoms. The van der Waals surface area contributed by atoms with Gasteiger partial charge in [0.05, 0.1) is 12.3 Å². The maximum atomic E-state index is 5.58. The normalized spacial score (nSPS) is 14.2. The third-order valence-electron chi connectivity index (χ3n) is 5.06. The summed E-state index contributed by atoms with van der Waals surface area (Å²) in [5.74, 6) is 0. The van der Waals surface area contributed by atoms with Crippen molar-refractivity contribution >= 4 is 12.4 Å². The van der Waals surface area contributed by atoms with E-state index in [4.69, 9.17) is 4.74 Å². The molecule has 1 aliphatic heterocycles. The van der Waals surface area contributed by atoms with Crippen LogP contribution in [0, 0.1) is 0 Å². The molecule has 0 atom stereocenters. The average Bonchev–Trinajstić information content (AvgIpc) is 2.68. The first-order valence-electron chi connectivity index (χ1n) is 11.3. The molecule has 1 aliphatic rings. The summed E-state index contributed by atoms with van der Waals surface area (Å²) in [7, 11) is 0. The first-order chi connectivity index (χ1) is 12.9. The Morgan fingerprint density at radius 2 is 1.19 bits per heavy atom. The fraction of sp³-hybridized carbons (Fsp3) is 0.750. The van der Waals surface area contributed by atoms with Crippen LogP contribution in [0.3, 0.4) is 0 Å². The number of nitrogens with one attached hydrogen (secondary N) is 1. The lowest BCUT2D eigenvalue weighted by molar-refractivity contribution is 0.237. The zero-order chi connectivity index (χ0) is 18.5. The zero-order valence-corrected chi connectivity index (χ0v) is 18.5. The average molecular weight is 398 g/mol. The van der Waals surface area contributed by atoms with Gasteiger partial charge in [-0.15, -0.1) is 12.4 Å². The summed E-state index contributed by atoms with van der Waals surface area (Å²) >= 11 is 0. The molecule has 0 aromatic rings. The van der Waals surface area contributed by atoms with E-state index < -0.39 is 0 Å². The van der Waals surface area contributed by atoms with E-state index in [0.29, 0.717) is 0 Å². The van der Waals surface area contributed by atoms with Gasteiger partial charge < -0.3 is 10.1 Å². The molecule has 0 aromatic heterocycles. The van der Waals surface area contributed by atoms with Crippen LogP contribution in [0.1, 0.15) is 110 Å². The summed E-state index contributed by atoms with van der Waals surface area (Å²) in [5.41, 5.74) is 1.03. The first-order valence-corrected chi connectivity index (χ1v) is 11.3. The van der Waals surface area contributed by atoms with E-state index in [0.717, 1.165) is 12.3 Å². The summed E-state index contributed by atoms with van der Waals surface area (Å²) in [6, 6.07) is 0. The van der Waals surface area contributed by atoms with Gasteiger partial charge in [-0.05, 0) is 18.6 Å². The molecule has 1 N–H and O–H groups in total. The monoisotopic (exact) mass is 397 g/mol. The smallest absolute Gasteiger partial charge is 0.106 e. The lowest BCUT2D eigenvalue weighted by atomic mass is 10.0. The lowest BCUT2D eigenvalue weighted by Crippen LogP contribution is -2.05. The van der Waals surface area contributed by atoms with Crippen LogP contribution in [-0.2, 0) is 4.74 Å². The van der Waals surface area contributed by atoms with Gasteiger partial charge in [-0.25, -0.2) is 0 Å². The molecule has 0 saturated heterocycles. The molecule has 0 aliphatic carbocycles. The van der Waals surface area contributed by atoms with Crippen LogP contribution in [0.2, 0.25) is 0 Å². The Labute approximate surface area is 175 Å². The number of rotatable bonds is 18. The Morgan fingerprint density at radius 1 is 0.704 bits per heavy atom. The van der Waals surface area contributed by atoms with Gasteiger partial charge in [0.15, 0.2) is 0 Å². The molecule has 0 amide bonds. The van der Waals surface area contributed by atoms with Crippen LogP contribution in [0.4, 0.5) is 0 Å². The summed E-state index contributed by atoms with van der Waals surface area (Å²) in [5, 5.41) is 3.14. The first kappa shape index (κ1) is 26.1. The van der Waals surface area contributed by atoms with Crippen LogP contribution in [0.5, 0.6) is 0 Å². The minimum Gasteiger partial charge on any atom is -0.499 e. The van der Waals surface area contributed by atoms with Gasteiger partial charge in [0.25, 0.3) is 0 Å². The highest BCUT2D eigenvalue weighted by atomic mass is 35.5. The second-order valence-corrected chi connectivity index (χ2v) is 7.61. The Bertz CT molecular complexity index is 390. The van der Waals surface area contributed by atoms with Gasteiger partial charge in [0.1, 0.15) is 6.26 Å². The minimum atomic E-state index is 0. The van der Waals surface area contributed by atoms with Gasteiger partial charge in [0, 0.05) is 6.20 Å². The minimum absolute atomic E-state index is 0. The molecule has 1 rings (SSSR count). The number of halogens is 1. The second kappa shape index (κ2) is 21.4. The predicted molar refractivity (Wildman–Crippen MR) is 122 cm³/mol. The van der Waals surface area contributed by atoms with Crippen molar-refractivity contribution in [3.05, 3.63) is 36.4 Å². The number of hydrogen-bond donors (Lipinski definition) is 1. The van der Waals surface area contributed by atoms with Crippen molar-refractivity contribution in [3.63, 3.8) is 0 Å². The van der Waals surface area contributed by atoms with E-state index in [-0.39, 0.29) is 12.4 Å². The second-order valence-electron chi connectivity index (χ2n) is 7.61. The molecule has 0 aromatic carbocycles. The van der Waals surface area contributed by atoms with Crippen LogP contribution >= 0.6 is 12.4 Å². The number of dihydropyridines is 1. The lowest BCUT2D eigenvalue weighted by Gasteiger charge is -2.06. The van der Waals surface area contributed by atoms with Crippen LogP contribution in [0.25, 0.3) is 0 Å². The molecule has 2 nitrogen and oxygen atoms in total. The van der Waals surface area contributed by atoms with Crippen molar-refractivity contribution < 1.29 is 4.74 Å². The topological polar surface area (TPSA) is 21.3 Å². The Hall–Kier alpha value is -0.890. The Balaban J connectivity index is 0.00000676. The zero-order valence-electron chi connectivity index (χ0n) is 17.7. The van der Waals surface area contributed by atoms with Crippen LogP contribution in [-0.4, -0.2) is 6.61 Å². The van der Waals surface area contributed by atoms with Crippen molar-refractivity contribution in [2.75, 3.05) is 6.61 Å². The molecule has 3 heteroatoms. The molecule has 158 valence electrons. The van der Waals surface area contributed by atoms with E-state index in [1.165, 1.54) is 103 Å². The number of ether oxygens (including phenoxy) is 1. The van der Waals surface area contributed by atoms with Gasteiger partial charge >= 0.3 is 0 Å². The highest BCUT2D eigenvalue weighted by molar-refractivity contribution is 5.85. The van der Waals surface area contributed by atoms with E-state index in [1.54, 1.807) is 0 Å². The van der Waals surface area contributed by atoms with Crippen LogP contribution in [0.15, 0.2) is 36.4 Å². The van der Waals surface area contributed by atoms with Crippen molar-refractivity contribution in [3.8, 4) is 0 Å². The van der Waals surface area contributed by atoms with E-state index in [1.807, 2.05) is 30.7 Å². The van der Waals surface area contributed by atoms with Crippen molar-refractivity contribution in [1.82, 2.24) is 5.32 Å². The highest BCUT2D eigenvalue weighted by Gasteiger charge is 1.95. The standard InChI is InChI=1S/C24H43NO.ClH/c1-2-3-4-5-6-7-8-9-10-11-12-13-14-15-16-19-22-26-23-24-20-17-18-21-25-24;/h17-18,20-21,23,25H,2-16,19,22H2,1H3;1H. The molecule has 0 unspecified atom stereocenters. The third-order valence-corrected chi connectivity index (χ3v) is 5.06. The van der Waals surface area contributed by atoms with E-state index >= 15 is 0 Å². The fourth-order valence-corrected chi connectivity index (χ4v) is 3.36. The van der Waals surface area contributed by atoms with E-state index in [9.17, 15) is 0 Å². The summed E-state index contributed by atoms with van der Waals surface area (Å²) in [4.78, 5) is 0. The van der Waals surface area contributed by atoms with Gasteiger partial charge in [-0.3, -0.25) is 0 Å². The summed E-state index contributed by atoms with van der Waals surface area (Å²) < 4.78 is 5.58. The van der Waals surface area contributed by atoms with Gasteiger partial charge in [-0.2, -0.15) is 0 Å². The van der Waals surface area contributed by atoms with Crippen molar-refractivity contribution in [1.29, 1.82) is 0 Å². The molecular formula is C24H44ClNO. The maximum Gasteiger partial charge on any atom is 0.106 e. The number of unbranched alkanes of at least 4 members (excludes halogenated alkanes) is 15. The molecule has 27 heavy (non-hydrogen) atoms. The van der Waals surface area contributed by atoms with E-state index in [2.05, 4.69) is 12.2 Å². The SMILES string of the molecule is CCCCCCCCCCCCCCCCCCOC=C1C=CC=CN1.Cl. The third kappa shape index (κ3) is 18.2. The largest absolute Gasteiger partial charge is 0.499 e. The Morgan fingerprint density at radius 3 is 1.63 bits per heavy atom. The maximum absolute atomic E-state index is 5.58. The molecule has 0 spiro atoms. The summed E-state index contributed by atoms with van der Waals surface area (Å²) in [6.07, 6.45) is 32.3. The Kier molecular flexibility index (Phi) is 20.7. The van der Waals surface area contributed by atoms with Crippen molar-refractivity contribution in [2.24, 2.45) is 0 Å².